The van der Waals surface area contributed by atoms with Crippen molar-refractivity contribution in [3.05, 3.63) is 69.8 Å². The summed E-state index contributed by atoms with van der Waals surface area (Å²) in [6, 6.07) is 13.3. The molecule has 29 heavy (non-hydrogen) atoms. The lowest BCUT2D eigenvalue weighted by molar-refractivity contribution is 0.141. The highest BCUT2D eigenvalue weighted by Gasteiger charge is 2.22. The lowest BCUT2D eigenvalue weighted by atomic mass is 10.1. The summed E-state index contributed by atoms with van der Waals surface area (Å²) < 4.78 is 0. The van der Waals surface area contributed by atoms with E-state index in [1.54, 1.807) is 6.07 Å². The van der Waals surface area contributed by atoms with E-state index in [1.807, 2.05) is 55.1 Å². The Kier molecular flexibility index (Phi) is 5.31. The van der Waals surface area contributed by atoms with E-state index in [2.05, 4.69) is 20.2 Å². The van der Waals surface area contributed by atoms with Gasteiger partial charge in [0.15, 0.2) is 0 Å². The Morgan fingerprint density at radius 2 is 1.72 bits per heavy atom. The highest BCUT2D eigenvalue weighted by Crippen LogP contribution is 2.20. The van der Waals surface area contributed by atoms with Gasteiger partial charge in [0.1, 0.15) is 5.82 Å². The molecule has 2 heterocycles. The molecule has 0 spiro atoms. The number of hydrogen-bond donors (Lipinski definition) is 2. The summed E-state index contributed by atoms with van der Waals surface area (Å²) in [7, 11) is 0. The number of H-pyrrole nitrogens is 1. The minimum Gasteiger partial charge on any atom is -0.322 e. The predicted octanol–water partition coefficient (Wildman–Crippen LogP) is 2.89. The van der Waals surface area contributed by atoms with Crippen molar-refractivity contribution in [2.24, 2.45) is 0 Å². The van der Waals surface area contributed by atoms with Crippen LogP contribution in [-0.4, -0.2) is 52.0 Å². The molecule has 0 saturated carbocycles. The Labute approximate surface area is 169 Å². The standard InChI is InChI=1S/C22H25N5O2/c1-15-6-5-7-16(2)20(15)25-22(29)27-12-10-26(11-13-27)14-19-23-18-9-4-3-8-17(18)21(28)24-19/h3-9H,10-14H2,1-2H3,(H,25,29)(H,23,24,28). The number of amides is 2. The number of aromatic nitrogens is 2. The van der Waals surface area contributed by atoms with E-state index < -0.39 is 0 Å². The number of piperazine rings is 1. The Balaban J connectivity index is 1.37. The number of fused-ring (bicyclic) bond motifs is 1. The molecule has 0 atom stereocenters. The molecule has 2 amide bonds. The lowest BCUT2D eigenvalue weighted by Crippen LogP contribution is -2.49. The fourth-order valence-electron chi connectivity index (χ4n) is 3.73. The monoisotopic (exact) mass is 391 g/mol. The number of aryl methyl sites for hydroxylation is 2. The zero-order valence-electron chi connectivity index (χ0n) is 16.7. The number of carbonyl (C=O) groups is 1. The van der Waals surface area contributed by atoms with Crippen LogP contribution in [0.4, 0.5) is 10.5 Å². The minimum absolute atomic E-state index is 0.0701. The number of carbonyl (C=O) groups excluding carboxylic acids is 1. The quantitative estimate of drug-likeness (QED) is 0.719. The van der Waals surface area contributed by atoms with Gasteiger partial charge in [-0.05, 0) is 37.1 Å². The van der Waals surface area contributed by atoms with Crippen molar-refractivity contribution in [2.45, 2.75) is 20.4 Å². The number of aromatic amines is 1. The van der Waals surface area contributed by atoms with Crippen LogP contribution < -0.4 is 10.9 Å². The van der Waals surface area contributed by atoms with Crippen LogP contribution in [0.2, 0.25) is 0 Å². The number of rotatable bonds is 3. The number of nitrogens with one attached hydrogen (secondary N) is 2. The molecule has 0 unspecified atom stereocenters. The van der Waals surface area contributed by atoms with Crippen LogP contribution >= 0.6 is 0 Å². The number of anilines is 1. The second kappa shape index (κ2) is 8.05. The van der Waals surface area contributed by atoms with E-state index in [0.29, 0.717) is 36.4 Å². The van der Waals surface area contributed by atoms with Crippen LogP contribution in [0.25, 0.3) is 10.9 Å². The van der Waals surface area contributed by atoms with Gasteiger partial charge in [0.2, 0.25) is 0 Å². The second-order valence-corrected chi connectivity index (χ2v) is 7.49. The molecule has 7 heteroatoms. The Hall–Kier alpha value is -3.19. The molecule has 3 aromatic rings. The van der Waals surface area contributed by atoms with Gasteiger partial charge < -0.3 is 15.2 Å². The fraction of sp³-hybridized carbons (Fsp3) is 0.318. The summed E-state index contributed by atoms with van der Waals surface area (Å²) >= 11 is 0. The summed E-state index contributed by atoms with van der Waals surface area (Å²) in [6.07, 6.45) is 0. The molecule has 1 aliphatic rings. The smallest absolute Gasteiger partial charge is 0.321 e. The molecule has 1 aromatic heterocycles. The van der Waals surface area contributed by atoms with Crippen LogP contribution in [0.15, 0.2) is 47.3 Å². The maximum atomic E-state index is 12.7. The SMILES string of the molecule is Cc1cccc(C)c1NC(=O)N1CCN(Cc2nc3ccccc3c(=O)[nH]2)CC1. The maximum absolute atomic E-state index is 12.7. The molecule has 2 N–H and O–H groups in total. The zero-order chi connectivity index (χ0) is 20.4. The van der Waals surface area contributed by atoms with Gasteiger partial charge in [-0.1, -0.05) is 30.3 Å². The van der Waals surface area contributed by atoms with E-state index in [9.17, 15) is 9.59 Å². The summed E-state index contributed by atoms with van der Waals surface area (Å²) in [4.78, 5) is 36.4. The molecule has 0 bridgehead atoms. The van der Waals surface area contributed by atoms with Gasteiger partial charge in [-0.2, -0.15) is 0 Å². The van der Waals surface area contributed by atoms with Gasteiger partial charge in [-0.3, -0.25) is 9.69 Å². The molecule has 1 saturated heterocycles. The Bertz CT molecular complexity index is 1080. The zero-order valence-corrected chi connectivity index (χ0v) is 16.7. The van der Waals surface area contributed by atoms with Crippen molar-refractivity contribution < 1.29 is 4.79 Å². The third-order valence-electron chi connectivity index (χ3n) is 5.41. The summed E-state index contributed by atoms with van der Waals surface area (Å²) in [6.45, 7) is 7.29. The van der Waals surface area contributed by atoms with Crippen LogP contribution in [0.5, 0.6) is 0 Å². The summed E-state index contributed by atoms with van der Waals surface area (Å²) in [5.41, 5.74) is 3.60. The van der Waals surface area contributed by atoms with E-state index in [4.69, 9.17) is 0 Å². The Morgan fingerprint density at radius 3 is 2.45 bits per heavy atom. The number of hydrogen-bond acceptors (Lipinski definition) is 4. The van der Waals surface area contributed by atoms with Crippen molar-refractivity contribution in [1.29, 1.82) is 0 Å². The fourth-order valence-corrected chi connectivity index (χ4v) is 3.73. The molecule has 0 radical (unpaired) electrons. The first-order valence-electron chi connectivity index (χ1n) is 9.84. The van der Waals surface area contributed by atoms with Crippen molar-refractivity contribution in [2.75, 3.05) is 31.5 Å². The summed E-state index contributed by atoms with van der Waals surface area (Å²) in [5, 5.41) is 3.65. The van der Waals surface area contributed by atoms with Crippen LogP contribution in [0.3, 0.4) is 0 Å². The Morgan fingerprint density at radius 1 is 1.03 bits per heavy atom. The molecular weight excluding hydrogens is 366 g/mol. The second-order valence-electron chi connectivity index (χ2n) is 7.49. The van der Waals surface area contributed by atoms with Crippen molar-refractivity contribution in [3.63, 3.8) is 0 Å². The molecule has 1 aliphatic heterocycles. The molecule has 4 rings (SSSR count). The molecule has 1 fully saturated rings. The topological polar surface area (TPSA) is 81.3 Å². The lowest BCUT2D eigenvalue weighted by Gasteiger charge is -2.34. The average Bonchev–Trinajstić information content (AvgIpc) is 2.71. The van der Waals surface area contributed by atoms with E-state index in [1.165, 1.54) is 0 Å². The molecule has 0 aliphatic carbocycles. The van der Waals surface area contributed by atoms with Crippen LogP contribution in [0, 0.1) is 13.8 Å². The van der Waals surface area contributed by atoms with Crippen LogP contribution in [-0.2, 0) is 6.54 Å². The van der Waals surface area contributed by atoms with Crippen molar-refractivity contribution >= 4 is 22.6 Å². The highest BCUT2D eigenvalue weighted by atomic mass is 16.2. The number of benzene rings is 2. The first-order valence-corrected chi connectivity index (χ1v) is 9.84. The first kappa shape index (κ1) is 19.1. The van der Waals surface area contributed by atoms with Crippen molar-refractivity contribution in [3.8, 4) is 0 Å². The largest absolute Gasteiger partial charge is 0.322 e. The van der Waals surface area contributed by atoms with Gasteiger partial charge in [-0.15, -0.1) is 0 Å². The average molecular weight is 391 g/mol. The van der Waals surface area contributed by atoms with Gasteiger partial charge in [-0.25, -0.2) is 9.78 Å². The van der Waals surface area contributed by atoms with Gasteiger partial charge >= 0.3 is 6.03 Å². The number of para-hydroxylation sites is 2. The van der Waals surface area contributed by atoms with Crippen LogP contribution in [0.1, 0.15) is 17.0 Å². The number of urea groups is 1. The molecular formula is C22H25N5O2. The van der Waals surface area contributed by atoms with Gasteiger partial charge in [0, 0.05) is 31.9 Å². The normalized spacial score (nSPS) is 14.9. The van der Waals surface area contributed by atoms with Gasteiger partial charge in [0.25, 0.3) is 5.56 Å². The van der Waals surface area contributed by atoms with E-state index in [0.717, 1.165) is 29.9 Å². The minimum atomic E-state index is -0.114. The highest BCUT2D eigenvalue weighted by molar-refractivity contribution is 5.91. The molecule has 150 valence electrons. The van der Waals surface area contributed by atoms with Gasteiger partial charge in [0.05, 0.1) is 17.4 Å². The third-order valence-corrected chi connectivity index (χ3v) is 5.41. The molecule has 7 nitrogen and oxygen atoms in total. The van der Waals surface area contributed by atoms with Crippen molar-refractivity contribution in [1.82, 2.24) is 19.8 Å². The van der Waals surface area contributed by atoms with E-state index >= 15 is 0 Å². The number of nitrogens with zero attached hydrogens (tertiary/aromatic N) is 3. The summed E-state index contributed by atoms with van der Waals surface area (Å²) in [5.74, 6) is 0.655. The maximum Gasteiger partial charge on any atom is 0.321 e. The van der Waals surface area contributed by atoms with E-state index in [-0.39, 0.29) is 11.6 Å². The first-order chi connectivity index (χ1) is 14.0. The third kappa shape index (κ3) is 4.14. The predicted molar refractivity (Wildman–Crippen MR) is 114 cm³/mol. The molecule has 2 aromatic carbocycles.